The van der Waals surface area contributed by atoms with E-state index in [-0.39, 0.29) is 23.2 Å². The minimum atomic E-state index is -0.541. The van der Waals surface area contributed by atoms with Gasteiger partial charge in [0.15, 0.2) is 10.8 Å². The van der Waals surface area contributed by atoms with Crippen molar-refractivity contribution in [2.45, 2.75) is 37.7 Å². The minimum absolute atomic E-state index is 0.0196. The number of benzene rings is 1. The van der Waals surface area contributed by atoms with Crippen LogP contribution < -0.4 is 5.73 Å². The Labute approximate surface area is 149 Å². The Bertz CT molecular complexity index is 885. The average molecular weight is 360 g/mol. The molecule has 25 heavy (non-hydrogen) atoms. The van der Waals surface area contributed by atoms with Gasteiger partial charge in [-0.3, -0.25) is 0 Å². The Morgan fingerprint density at radius 2 is 2.04 bits per heavy atom. The van der Waals surface area contributed by atoms with Crippen LogP contribution in [-0.2, 0) is 11.3 Å². The maximum atomic E-state index is 10.4. The molecule has 4 rings (SSSR count). The number of nitrogens with two attached hydrogens (primary N) is 1. The third-order valence-corrected chi connectivity index (χ3v) is 4.81. The summed E-state index contributed by atoms with van der Waals surface area (Å²) in [5.74, 6) is 0.106. The summed E-state index contributed by atoms with van der Waals surface area (Å²) in [4.78, 5) is 12.4. The largest absolute Gasteiger partial charge is 0.390 e. The zero-order valence-corrected chi connectivity index (χ0v) is 14.2. The lowest BCUT2D eigenvalue weighted by Gasteiger charge is -2.15. The molecule has 2 heterocycles. The minimum Gasteiger partial charge on any atom is -0.390 e. The molecule has 130 valence electrons. The van der Waals surface area contributed by atoms with E-state index in [4.69, 9.17) is 22.1 Å². The lowest BCUT2D eigenvalue weighted by molar-refractivity contribution is -0.0274. The smallest absolute Gasteiger partial charge is 0.223 e. The van der Waals surface area contributed by atoms with Crippen LogP contribution in [-0.4, -0.2) is 36.8 Å². The number of halogens is 1. The highest BCUT2D eigenvalue weighted by Gasteiger charge is 2.35. The summed E-state index contributed by atoms with van der Waals surface area (Å²) in [6.45, 7) is 0.473. The molecule has 1 fully saturated rings. The number of imidazole rings is 1. The van der Waals surface area contributed by atoms with E-state index >= 15 is 0 Å². The van der Waals surface area contributed by atoms with Crippen molar-refractivity contribution in [2.24, 2.45) is 0 Å². The normalized spacial score (nSPS) is 23.4. The number of aliphatic hydroxyl groups excluding tert-OH is 1. The fourth-order valence-corrected chi connectivity index (χ4v) is 3.52. The number of hydrogen-bond donors (Lipinski definition) is 2. The molecule has 7 nitrogen and oxygen atoms in total. The second-order valence-electron chi connectivity index (χ2n) is 6.22. The standard InChI is InChI=1S/C17H18ClN5O2/c18-15-14-16(22-17(19)21-15)23(9-20-14)11-6-12(24)13(7-11)25-8-10-4-2-1-3-5-10/h1-5,9,11-13,24H,6-8H2,(H2,19,21,22)/t11-,12+,13+/m1/s1. The van der Waals surface area contributed by atoms with E-state index < -0.39 is 6.10 Å². The second-order valence-corrected chi connectivity index (χ2v) is 6.58. The summed E-state index contributed by atoms with van der Waals surface area (Å²) in [7, 11) is 0. The quantitative estimate of drug-likeness (QED) is 0.694. The van der Waals surface area contributed by atoms with Gasteiger partial charge in [-0.2, -0.15) is 9.97 Å². The molecule has 1 aliphatic carbocycles. The number of anilines is 1. The SMILES string of the molecule is Nc1nc(Cl)c2ncn([C@H]3C[C@H](OCc4ccccc4)[C@@H](O)C3)c2n1. The molecule has 0 radical (unpaired) electrons. The molecule has 2 aromatic heterocycles. The first-order valence-electron chi connectivity index (χ1n) is 8.11. The molecule has 0 unspecified atom stereocenters. The van der Waals surface area contributed by atoms with Crippen molar-refractivity contribution in [3.05, 3.63) is 47.4 Å². The van der Waals surface area contributed by atoms with E-state index in [9.17, 15) is 5.11 Å². The predicted octanol–water partition coefficient (Wildman–Crippen LogP) is 2.34. The fourth-order valence-electron chi connectivity index (χ4n) is 3.30. The van der Waals surface area contributed by atoms with Crippen LogP contribution in [0.3, 0.4) is 0 Å². The van der Waals surface area contributed by atoms with Crippen molar-refractivity contribution in [3.8, 4) is 0 Å². The lowest BCUT2D eigenvalue weighted by atomic mass is 10.2. The molecule has 0 amide bonds. The number of nitrogen functional groups attached to an aromatic ring is 1. The Balaban J connectivity index is 1.51. The van der Waals surface area contributed by atoms with Gasteiger partial charge >= 0.3 is 0 Å². The molecular weight excluding hydrogens is 342 g/mol. The van der Waals surface area contributed by atoms with Gasteiger partial charge in [-0.25, -0.2) is 4.98 Å². The Kier molecular flexibility index (Phi) is 4.29. The second kappa shape index (κ2) is 6.59. The van der Waals surface area contributed by atoms with Gasteiger partial charge in [-0.15, -0.1) is 0 Å². The van der Waals surface area contributed by atoms with Crippen LogP contribution in [0.25, 0.3) is 11.2 Å². The fraction of sp³-hybridized carbons (Fsp3) is 0.353. The van der Waals surface area contributed by atoms with Gasteiger partial charge in [-0.05, 0) is 18.4 Å². The number of fused-ring (bicyclic) bond motifs is 1. The zero-order valence-electron chi connectivity index (χ0n) is 13.4. The van der Waals surface area contributed by atoms with Crippen LogP contribution >= 0.6 is 11.6 Å². The molecule has 1 aliphatic rings. The topological polar surface area (TPSA) is 99.1 Å². The average Bonchev–Trinajstić information content (AvgIpc) is 3.17. The third kappa shape index (κ3) is 3.18. The maximum Gasteiger partial charge on any atom is 0.223 e. The van der Waals surface area contributed by atoms with Crippen LogP contribution in [0.4, 0.5) is 5.95 Å². The van der Waals surface area contributed by atoms with Crippen molar-refractivity contribution >= 4 is 28.7 Å². The van der Waals surface area contributed by atoms with E-state index in [1.165, 1.54) is 0 Å². The van der Waals surface area contributed by atoms with E-state index in [0.29, 0.717) is 30.6 Å². The number of ether oxygens (including phenoxy) is 1. The van der Waals surface area contributed by atoms with Gasteiger partial charge < -0.3 is 20.1 Å². The summed E-state index contributed by atoms with van der Waals surface area (Å²) in [5, 5.41) is 10.6. The van der Waals surface area contributed by atoms with Crippen molar-refractivity contribution in [1.82, 2.24) is 19.5 Å². The molecule has 0 saturated heterocycles. The third-order valence-electron chi connectivity index (χ3n) is 4.54. The predicted molar refractivity (Wildman–Crippen MR) is 94.0 cm³/mol. The van der Waals surface area contributed by atoms with Crippen molar-refractivity contribution < 1.29 is 9.84 Å². The van der Waals surface area contributed by atoms with Gasteiger partial charge in [-0.1, -0.05) is 41.9 Å². The van der Waals surface area contributed by atoms with E-state index in [0.717, 1.165) is 5.56 Å². The Hall–Kier alpha value is -2.22. The van der Waals surface area contributed by atoms with E-state index in [2.05, 4.69) is 15.0 Å². The van der Waals surface area contributed by atoms with Crippen molar-refractivity contribution in [1.29, 1.82) is 0 Å². The first-order valence-corrected chi connectivity index (χ1v) is 8.48. The summed E-state index contributed by atoms with van der Waals surface area (Å²) >= 11 is 6.08. The summed E-state index contributed by atoms with van der Waals surface area (Å²) in [5.41, 5.74) is 7.87. The molecule has 0 aliphatic heterocycles. The number of rotatable bonds is 4. The highest BCUT2D eigenvalue weighted by atomic mass is 35.5. The molecule has 0 spiro atoms. The van der Waals surface area contributed by atoms with Crippen molar-refractivity contribution in [2.75, 3.05) is 5.73 Å². The van der Waals surface area contributed by atoms with E-state index in [1.807, 2.05) is 34.9 Å². The van der Waals surface area contributed by atoms with Crippen molar-refractivity contribution in [3.63, 3.8) is 0 Å². The maximum absolute atomic E-state index is 10.4. The first kappa shape index (κ1) is 16.3. The van der Waals surface area contributed by atoms with Gasteiger partial charge in [0.05, 0.1) is 25.1 Å². The number of hydrogen-bond acceptors (Lipinski definition) is 6. The van der Waals surface area contributed by atoms with Crippen LogP contribution in [0.15, 0.2) is 36.7 Å². The van der Waals surface area contributed by atoms with Crippen LogP contribution in [0, 0.1) is 0 Å². The number of nitrogens with zero attached hydrogens (tertiary/aromatic N) is 4. The highest BCUT2D eigenvalue weighted by Crippen LogP contribution is 2.35. The summed E-state index contributed by atoms with van der Waals surface area (Å²) in [6, 6.07) is 9.93. The van der Waals surface area contributed by atoms with E-state index in [1.54, 1.807) is 6.33 Å². The Morgan fingerprint density at radius 3 is 2.84 bits per heavy atom. The van der Waals surface area contributed by atoms with Gasteiger partial charge in [0.1, 0.15) is 5.52 Å². The van der Waals surface area contributed by atoms with Crippen LogP contribution in [0.5, 0.6) is 0 Å². The zero-order chi connectivity index (χ0) is 17.4. The molecule has 1 saturated carbocycles. The molecule has 1 aromatic carbocycles. The first-order chi connectivity index (χ1) is 12.1. The van der Waals surface area contributed by atoms with Gasteiger partial charge in [0, 0.05) is 6.04 Å². The highest BCUT2D eigenvalue weighted by molar-refractivity contribution is 6.33. The number of aromatic nitrogens is 4. The molecule has 3 N–H and O–H groups in total. The lowest BCUT2D eigenvalue weighted by Crippen LogP contribution is -2.22. The molecule has 3 aromatic rings. The van der Waals surface area contributed by atoms with Gasteiger partial charge in [0.25, 0.3) is 0 Å². The molecule has 0 bridgehead atoms. The number of aliphatic hydroxyl groups is 1. The summed E-state index contributed by atoms with van der Waals surface area (Å²) < 4.78 is 7.82. The van der Waals surface area contributed by atoms with Crippen LogP contribution in [0.2, 0.25) is 5.15 Å². The monoisotopic (exact) mass is 359 g/mol. The van der Waals surface area contributed by atoms with Gasteiger partial charge in [0.2, 0.25) is 5.95 Å². The molecular formula is C17H18ClN5O2. The molecule has 8 heteroatoms. The molecule has 3 atom stereocenters. The Morgan fingerprint density at radius 1 is 1.24 bits per heavy atom. The summed E-state index contributed by atoms with van der Waals surface area (Å²) in [6.07, 6.45) is 2.12. The van der Waals surface area contributed by atoms with Crippen LogP contribution in [0.1, 0.15) is 24.4 Å².